The van der Waals surface area contributed by atoms with Crippen LogP contribution in [0.4, 0.5) is 5.69 Å². The summed E-state index contributed by atoms with van der Waals surface area (Å²) < 4.78 is 6.01. The highest BCUT2D eigenvalue weighted by atomic mass is 16.6. The molecule has 1 heterocycles. The fraction of sp³-hybridized carbons (Fsp3) is 0.222. The first kappa shape index (κ1) is 23.0. The van der Waals surface area contributed by atoms with Gasteiger partial charge in [0.25, 0.3) is 5.69 Å². The Morgan fingerprint density at radius 2 is 1.79 bits per heavy atom. The zero-order valence-electron chi connectivity index (χ0n) is 19.2. The number of hydrogen-bond acceptors (Lipinski definition) is 4. The number of nitro benzene ring substituents is 1. The van der Waals surface area contributed by atoms with Crippen molar-refractivity contribution < 1.29 is 14.5 Å². The summed E-state index contributed by atoms with van der Waals surface area (Å²) in [5, 5.41) is 15.1. The molecule has 1 atom stereocenters. The number of aromatic amines is 1. The van der Waals surface area contributed by atoms with E-state index in [9.17, 15) is 14.9 Å². The standard InChI is InChI=1S/C27H27N3O4/c1-18(2)16-29-27(31)15-23(25-17-28-26-12-11-20(30(32)33)14-24(25)26)19-7-6-10-22(13-19)34-21-8-4-3-5-9-21/h3-14,17-18,23,28H,15-16H2,1-2H3,(H,29,31). The number of rotatable bonds is 9. The Bertz CT molecular complexity index is 1300. The van der Waals surface area contributed by atoms with E-state index in [4.69, 9.17) is 4.74 Å². The maximum absolute atomic E-state index is 12.9. The highest BCUT2D eigenvalue weighted by Crippen LogP contribution is 2.36. The molecule has 1 amide bonds. The van der Waals surface area contributed by atoms with Gasteiger partial charge in [-0.1, -0.05) is 44.2 Å². The molecule has 4 aromatic rings. The van der Waals surface area contributed by atoms with Gasteiger partial charge in [0, 0.05) is 48.1 Å². The van der Waals surface area contributed by atoms with Crippen molar-refractivity contribution >= 4 is 22.5 Å². The third-order valence-corrected chi connectivity index (χ3v) is 5.62. The Labute approximate surface area is 197 Å². The molecule has 0 radical (unpaired) electrons. The molecule has 0 fully saturated rings. The van der Waals surface area contributed by atoms with Crippen LogP contribution in [0.3, 0.4) is 0 Å². The highest BCUT2D eigenvalue weighted by Gasteiger charge is 2.23. The molecule has 0 spiro atoms. The number of nitrogens with zero attached hydrogens (tertiary/aromatic N) is 1. The number of carbonyl (C=O) groups excluding carboxylic acids is 1. The Morgan fingerprint density at radius 3 is 2.53 bits per heavy atom. The van der Waals surface area contributed by atoms with Gasteiger partial charge in [0.05, 0.1) is 4.92 Å². The predicted octanol–water partition coefficient (Wildman–Crippen LogP) is 6.16. The first-order chi connectivity index (χ1) is 16.4. The molecule has 0 aliphatic heterocycles. The molecule has 3 aromatic carbocycles. The van der Waals surface area contributed by atoms with E-state index in [1.807, 2.05) is 74.6 Å². The molecule has 0 aliphatic carbocycles. The number of hydrogen-bond donors (Lipinski definition) is 2. The van der Waals surface area contributed by atoms with E-state index in [-0.39, 0.29) is 23.9 Å². The van der Waals surface area contributed by atoms with Crippen molar-refractivity contribution in [2.75, 3.05) is 6.54 Å². The van der Waals surface area contributed by atoms with E-state index < -0.39 is 4.92 Å². The van der Waals surface area contributed by atoms with Crippen LogP contribution in [-0.4, -0.2) is 22.4 Å². The van der Waals surface area contributed by atoms with Crippen LogP contribution in [0.5, 0.6) is 11.5 Å². The van der Waals surface area contributed by atoms with E-state index in [2.05, 4.69) is 10.3 Å². The molecule has 1 unspecified atom stereocenters. The van der Waals surface area contributed by atoms with Gasteiger partial charge in [-0.25, -0.2) is 0 Å². The van der Waals surface area contributed by atoms with Crippen molar-refractivity contribution in [3.8, 4) is 11.5 Å². The molecule has 0 bridgehead atoms. The molecule has 0 saturated heterocycles. The number of nitro groups is 1. The number of amides is 1. The van der Waals surface area contributed by atoms with E-state index in [0.717, 1.165) is 22.0 Å². The predicted molar refractivity (Wildman–Crippen MR) is 132 cm³/mol. The number of fused-ring (bicyclic) bond motifs is 1. The zero-order chi connectivity index (χ0) is 24.1. The molecule has 1 aromatic heterocycles. The molecule has 4 rings (SSSR count). The van der Waals surface area contributed by atoms with E-state index >= 15 is 0 Å². The lowest BCUT2D eigenvalue weighted by Gasteiger charge is -2.19. The van der Waals surface area contributed by atoms with Gasteiger partial charge >= 0.3 is 0 Å². The lowest BCUT2D eigenvalue weighted by Crippen LogP contribution is -2.28. The first-order valence-electron chi connectivity index (χ1n) is 11.3. The smallest absolute Gasteiger partial charge is 0.270 e. The molecule has 0 aliphatic rings. The number of carbonyl (C=O) groups is 1. The van der Waals surface area contributed by atoms with Gasteiger partial charge in [-0.3, -0.25) is 14.9 Å². The second-order valence-electron chi connectivity index (χ2n) is 8.67. The highest BCUT2D eigenvalue weighted by molar-refractivity contribution is 5.87. The largest absolute Gasteiger partial charge is 0.457 e. The van der Waals surface area contributed by atoms with Crippen LogP contribution in [0.2, 0.25) is 0 Å². The van der Waals surface area contributed by atoms with Crippen LogP contribution in [0.1, 0.15) is 37.3 Å². The summed E-state index contributed by atoms with van der Waals surface area (Å²) in [6.07, 6.45) is 2.04. The van der Waals surface area contributed by atoms with Crippen LogP contribution in [-0.2, 0) is 4.79 Å². The van der Waals surface area contributed by atoms with E-state index in [0.29, 0.717) is 24.0 Å². The van der Waals surface area contributed by atoms with Crippen molar-refractivity contribution in [1.82, 2.24) is 10.3 Å². The summed E-state index contributed by atoms with van der Waals surface area (Å²) in [7, 11) is 0. The summed E-state index contributed by atoms with van der Waals surface area (Å²) in [6.45, 7) is 4.67. The minimum Gasteiger partial charge on any atom is -0.457 e. The fourth-order valence-corrected chi connectivity index (χ4v) is 3.93. The average molecular weight is 458 g/mol. The fourth-order valence-electron chi connectivity index (χ4n) is 3.93. The molecule has 174 valence electrons. The Morgan fingerprint density at radius 1 is 1.03 bits per heavy atom. The number of ether oxygens (including phenoxy) is 1. The molecule has 2 N–H and O–H groups in total. The number of benzene rings is 3. The van der Waals surface area contributed by atoms with Gasteiger partial charge in [-0.05, 0) is 47.4 Å². The van der Waals surface area contributed by atoms with E-state index in [1.165, 1.54) is 6.07 Å². The van der Waals surface area contributed by atoms with Gasteiger partial charge in [0.15, 0.2) is 0 Å². The Kier molecular flexibility index (Phi) is 6.92. The Balaban J connectivity index is 1.73. The summed E-state index contributed by atoms with van der Waals surface area (Å²) in [5.74, 6) is 1.31. The topological polar surface area (TPSA) is 97.3 Å². The maximum Gasteiger partial charge on any atom is 0.270 e. The minimum absolute atomic E-state index is 0.0116. The van der Waals surface area contributed by atoms with Crippen molar-refractivity contribution in [1.29, 1.82) is 0 Å². The average Bonchev–Trinajstić information content (AvgIpc) is 3.25. The number of H-pyrrole nitrogens is 1. The van der Waals surface area contributed by atoms with Crippen molar-refractivity contribution in [2.45, 2.75) is 26.2 Å². The third-order valence-electron chi connectivity index (χ3n) is 5.62. The molecule has 7 nitrogen and oxygen atoms in total. The lowest BCUT2D eigenvalue weighted by atomic mass is 9.87. The van der Waals surface area contributed by atoms with Crippen LogP contribution < -0.4 is 10.1 Å². The quantitative estimate of drug-likeness (QED) is 0.232. The summed E-state index contributed by atoms with van der Waals surface area (Å²) in [5.41, 5.74) is 2.51. The molecule has 7 heteroatoms. The van der Waals surface area contributed by atoms with Crippen molar-refractivity contribution in [2.24, 2.45) is 5.92 Å². The summed E-state index contributed by atoms with van der Waals surface area (Å²) in [6, 6.07) is 21.8. The molecular formula is C27H27N3O4. The monoisotopic (exact) mass is 457 g/mol. The van der Waals surface area contributed by atoms with Crippen molar-refractivity contribution in [3.63, 3.8) is 0 Å². The maximum atomic E-state index is 12.9. The Hall–Kier alpha value is -4.13. The number of non-ortho nitro benzene ring substituents is 1. The first-order valence-corrected chi connectivity index (χ1v) is 11.3. The van der Waals surface area contributed by atoms with Crippen molar-refractivity contribution in [3.05, 3.63) is 100 Å². The summed E-state index contributed by atoms with van der Waals surface area (Å²) >= 11 is 0. The SMILES string of the molecule is CC(C)CNC(=O)CC(c1cccc(Oc2ccccc2)c1)c1c[nH]c2ccc([N+](=O)[O-])cc12. The van der Waals surface area contributed by atoms with Gasteiger partial charge in [-0.15, -0.1) is 0 Å². The van der Waals surface area contributed by atoms with Gasteiger partial charge < -0.3 is 15.0 Å². The van der Waals surface area contributed by atoms with Gasteiger partial charge in [-0.2, -0.15) is 0 Å². The van der Waals surface area contributed by atoms with Gasteiger partial charge in [0.1, 0.15) is 11.5 Å². The molecule has 34 heavy (non-hydrogen) atoms. The van der Waals surface area contributed by atoms with Gasteiger partial charge in [0.2, 0.25) is 5.91 Å². The van der Waals surface area contributed by atoms with E-state index in [1.54, 1.807) is 12.1 Å². The second kappa shape index (κ2) is 10.2. The third kappa shape index (κ3) is 5.43. The normalized spacial score (nSPS) is 12.0. The zero-order valence-corrected chi connectivity index (χ0v) is 19.2. The minimum atomic E-state index is -0.408. The number of aromatic nitrogens is 1. The van der Waals surface area contributed by atoms with Crippen LogP contribution in [0, 0.1) is 16.0 Å². The van der Waals surface area contributed by atoms with Crippen LogP contribution in [0.25, 0.3) is 10.9 Å². The number of nitrogens with one attached hydrogen (secondary N) is 2. The molecule has 0 saturated carbocycles. The summed E-state index contributed by atoms with van der Waals surface area (Å²) in [4.78, 5) is 27.0. The second-order valence-corrected chi connectivity index (χ2v) is 8.67. The van der Waals surface area contributed by atoms with Crippen LogP contribution in [0.15, 0.2) is 79.0 Å². The number of para-hydroxylation sites is 1. The molecular weight excluding hydrogens is 430 g/mol. The van der Waals surface area contributed by atoms with Crippen LogP contribution >= 0.6 is 0 Å². The lowest BCUT2D eigenvalue weighted by molar-refractivity contribution is -0.384.